The molecule has 0 saturated heterocycles. The smallest absolute Gasteiger partial charge is 0.332 e. The summed E-state index contributed by atoms with van der Waals surface area (Å²) in [6.45, 7) is 1.65. The van der Waals surface area contributed by atoms with E-state index < -0.39 is 22.1 Å². The molecule has 102 valence electrons. The minimum absolute atomic E-state index is 0.0795. The highest BCUT2D eigenvalue weighted by Crippen LogP contribution is 2.05. The first-order chi connectivity index (χ1) is 8.36. The minimum atomic E-state index is -3.74. The van der Waals surface area contributed by atoms with Crippen molar-refractivity contribution >= 4 is 16.0 Å². The molecule has 1 aromatic heterocycles. The Morgan fingerprint density at radius 2 is 2.28 bits per heavy atom. The van der Waals surface area contributed by atoms with Crippen LogP contribution in [-0.2, 0) is 21.2 Å². The van der Waals surface area contributed by atoms with Crippen LogP contribution in [0.1, 0.15) is 19.2 Å². The summed E-state index contributed by atoms with van der Waals surface area (Å²) in [7, 11) is -3.74. The number of imidazole rings is 1. The third-order valence-corrected chi connectivity index (χ3v) is 3.60. The fourth-order valence-electron chi connectivity index (χ4n) is 1.19. The Labute approximate surface area is 104 Å². The van der Waals surface area contributed by atoms with Crippen LogP contribution in [0.5, 0.6) is 0 Å². The number of carboxylic acids is 1. The molecule has 0 aromatic carbocycles. The monoisotopic (exact) mass is 277 g/mol. The standard InChI is InChI=1S/C9H15N3O5S/c1-2-7-10-5-8(12-7)18(16,17)11-4-3-6(13)9(14)15/h5-6,11,13H,2-4H2,1H3,(H,10,12)(H,14,15)/t6-/m0/s1. The molecule has 1 heterocycles. The quantitative estimate of drug-likeness (QED) is 0.510. The van der Waals surface area contributed by atoms with Gasteiger partial charge in [0.25, 0.3) is 10.0 Å². The Balaban J connectivity index is 2.57. The van der Waals surface area contributed by atoms with Gasteiger partial charge in [-0.05, 0) is 6.42 Å². The topological polar surface area (TPSA) is 132 Å². The first kappa shape index (κ1) is 14.6. The molecule has 1 aromatic rings. The lowest BCUT2D eigenvalue weighted by atomic mass is 10.3. The highest BCUT2D eigenvalue weighted by Gasteiger charge is 2.18. The van der Waals surface area contributed by atoms with E-state index in [4.69, 9.17) is 10.2 Å². The number of sulfonamides is 1. The number of carbonyl (C=O) groups is 1. The van der Waals surface area contributed by atoms with Gasteiger partial charge in [0.15, 0.2) is 11.1 Å². The fraction of sp³-hybridized carbons (Fsp3) is 0.556. The van der Waals surface area contributed by atoms with Crippen molar-refractivity contribution in [3.05, 3.63) is 12.0 Å². The van der Waals surface area contributed by atoms with Crippen LogP contribution in [-0.4, -0.2) is 47.2 Å². The summed E-state index contributed by atoms with van der Waals surface area (Å²) in [6.07, 6.45) is -0.0218. The van der Waals surface area contributed by atoms with Gasteiger partial charge in [0, 0.05) is 13.0 Å². The summed E-state index contributed by atoms with van der Waals surface area (Å²) >= 11 is 0. The molecule has 0 amide bonds. The number of aryl methyl sites for hydroxylation is 1. The molecule has 0 radical (unpaired) electrons. The normalized spacial score (nSPS) is 13.4. The van der Waals surface area contributed by atoms with Crippen LogP contribution in [0.2, 0.25) is 0 Å². The maximum absolute atomic E-state index is 11.7. The van der Waals surface area contributed by atoms with E-state index in [1.807, 2.05) is 6.92 Å². The Morgan fingerprint density at radius 3 is 2.78 bits per heavy atom. The summed E-state index contributed by atoms with van der Waals surface area (Å²) in [4.78, 5) is 16.8. The number of nitrogens with zero attached hydrogens (tertiary/aromatic N) is 1. The van der Waals surface area contributed by atoms with Crippen LogP contribution in [0.15, 0.2) is 11.2 Å². The molecule has 0 fully saturated rings. The summed E-state index contributed by atoms with van der Waals surface area (Å²) in [5.74, 6) is -0.843. The second-order valence-corrected chi connectivity index (χ2v) is 5.32. The zero-order chi connectivity index (χ0) is 13.8. The van der Waals surface area contributed by atoms with Gasteiger partial charge in [0.2, 0.25) is 0 Å². The third-order valence-electron chi connectivity index (χ3n) is 2.22. The second-order valence-electron chi connectivity index (χ2n) is 3.59. The summed E-state index contributed by atoms with van der Waals surface area (Å²) in [6, 6.07) is 0. The average molecular weight is 277 g/mol. The second kappa shape index (κ2) is 5.94. The molecule has 0 aliphatic heterocycles. The van der Waals surface area contributed by atoms with Crippen molar-refractivity contribution in [3.8, 4) is 0 Å². The van der Waals surface area contributed by atoms with Crippen molar-refractivity contribution in [2.45, 2.75) is 30.9 Å². The molecule has 8 nitrogen and oxygen atoms in total. The van der Waals surface area contributed by atoms with E-state index in [0.717, 1.165) is 0 Å². The van der Waals surface area contributed by atoms with Crippen LogP contribution in [0.3, 0.4) is 0 Å². The number of rotatable bonds is 7. The number of aromatic amines is 1. The van der Waals surface area contributed by atoms with Crippen LogP contribution >= 0.6 is 0 Å². The van der Waals surface area contributed by atoms with E-state index in [-0.39, 0.29) is 18.0 Å². The Hall–Kier alpha value is -1.45. The van der Waals surface area contributed by atoms with Crippen LogP contribution in [0, 0.1) is 0 Å². The number of nitrogens with one attached hydrogen (secondary N) is 2. The molecule has 1 rings (SSSR count). The van der Waals surface area contributed by atoms with Crippen LogP contribution < -0.4 is 4.72 Å². The zero-order valence-corrected chi connectivity index (χ0v) is 10.6. The number of hydrogen-bond donors (Lipinski definition) is 4. The van der Waals surface area contributed by atoms with E-state index in [0.29, 0.717) is 12.2 Å². The lowest BCUT2D eigenvalue weighted by Crippen LogP contribution is -2.30. The highest BCUT2D eigenvalue weighted by atomic mass is 32.2. The van der Waals surface area contributed by atoms with Gasteiger partial charge >= 0.3 is 5.97 Å². The molecule has 0 spiro atoms. The van der Waals surface area contributed by atoms with Gasteiger partial charge < -0.3 is 15.2 Å². The molecular formula is C9H15N3O5S. The number of carboxylic acid groups (broad SMARTS) is 1. The Morgan fingerprint density at radius 1 is 1.61 bits per heavy atom. The third kappa shape index (κ3) is 3.79. The van der Waals surface area contributed by atoms with Gasteiger partial charge in [-0.1, -0.05) is 6.92 Å². The SMILES string of the molecule is CCc1ncc(S(=O)(=O)NCC[C@H](O)C(=O)O)[nH]1. The maximum atomic E-state index is 11.7. The number of H-pyrrole nitrogens is 1. The lowest BCUT2D eigenvalue weighted by molar-refractivity contribution is -0.146. The molecule has 0 bridgehead atoms. The van der Waals surface area contributed by atoms with Gasteiger partial charge in [-0.25, -0.2) is 22.9 Å². The first-order valence-electron chi connectivity index (χ1n) is 5.31. The van der Waals surface area contributed by atoms with Gasteiger partial charge in [-0.2, -0.15) is 0 Å². The zero-order valence-electron chi connectivity index (χ0n) is 9.75. The predicted molar refractivity (Wildman–Crippen MR) is 61.4 cm³/mol. The van der Waals surface area contributed by atoms with E-state index in [1.165, 1.54) is 6.20 Å². The van der Waals surface area contributed by atoms with E-state index in [9.17, 15) is 13.2 Å². The van der Waals surface area contributed by atoms with Crippen molar-refractivity contribution in [2.24, 2.45) is 0 Å². The minimum Gasteiger partial charge on any atom is -0.479 e. The van der Waals surface area contributed by atoms with Crippen molar-refractivity contribution in [1.82, 2.24) is 14.7 Å². The van der Waals surface area contributed by atoms with Gasteiger partial charge in [-0.3, -0.25) is 0 Å². The fourth-order valence-corrected chi connectivity index (χ4v) is 2.18. The maximum Gasteiger partial charge on any atom is 0.332 e. The highest BCUT2D eigenvalue weighted by molar-refractivity contribution is 7.89. The van der Waals surface area contributed by atoms with Crippen LogP contribution in [0.4, 0.5) is 0 Å². The first-order valence-corrected chi connectivity index (χ1v) is 6.79. The number of aliphatic hydroxyl groups is 1. The van der Waals surface area contributed by atoms with Gasteiger partial charge in [0.1, 0.15) is 5.82 Å². The Kier molecular flexibility index (Phi) is 4.82. The van der Waals surface area contributed by atoms with Crippen LogP contribution in [0.25, 0.3) is 0 Å². The van der Waals surface area contributed by atoms with E-state index in [1.54, 1.807) is 0 Å². The molecular weight excluding hydrogens is 262 g/mol. The van der Waals surface area contributed by atoms with Crippen molar-refractivity contribution < 1.29 is 23.4 Å². The molecule has 1 atom stereocenters. The van der Waals surface area contributed by atoms with Crippen molar-refractivity contribution in [1.29, 1.82) is 0 Å². The number of aliphatic hydroxyl groups excluding tert-OH is 1. The molecule has 0 aliphatic rings. The molecule has 0 saturated carbocycles. The largest absolute Gasteiger partial charge is 0.479 e. The molecule has 0 unspecified atom stereocenters. The lowest BCUT2D eigenvalue weighted by Gasteiger charge is -2.06. The summed E-state index contributed by atoms with van der Waals surface area (Å²) < 4.78 is 25.6. The summed E-state index contributed by atoms with van der Waals surface area (Å²) in [5.41, 5.74) is 0. The van der Waals surface area contributed by atoms with Gasteiger partial charge in [-0.15, -0.1) is 0 Å². The number of hydrogen-bond acceptors (Lipinski definition) is 5. The van der Waals surface area contributed by atoms with Gasteiger partial charge in [0.05, 0.1) is 6.20 Å². The number of aromatic nitrogens is 2. The molecule has 0 aliphatic carbocycles. The molecule has 9 heteroatoms. The van der Waals surface area contributed by atoms with E-state index >= 15 is 0 Å². The van der Waals surface area contributed by atoms with Crippen molar-refractivity contribution in [2.75, 3.05) is 6.54 Å². The van der Waals surface area contributed by atoms with Crippen molar-refractivity contribution in [3.63, 3.8) is 0 Å². The molecule has 4 N–H and O–H groups in total. The average Bonchev–Trinajstić information content (AvgIpc) is 2.77. The predicted octanol–water partition coefficient (Wildman–Crippen LogP) is -0.914. The Bertz CT molecular complexity index is 510. The number of aliphatic carboxylic acids is 1. The van der Waals surface area contributed by atoms with E-state index in [2.05, 4.69) is 14.7 Å². The summed E-state index contributed by atoms with van der Waals surface area (Å²) in [5, 5.41) is 17.3. The molecule has 18 heavy (non-hydrogen) atoms.